The quantitative estimate of drug-likeness (QED) is 0.429. The lowest BCUT2D eigenvalue weighted by Gasteiger charge is -2.23. The minimum absolute atomic E-state index is 0.0338. The van der Waals surface area contributed by atoms with Gasteiger partial charge in [0.2, 0.25) is 5.82 Å². The third kappa shape index (κ3) is 6.36. The highest BCUT2D eigenvalue weighted by atomic mass is 16.6. The highest BCUT2D eigenvalue weighted by molar-refractivity contribution is 5.72. The Labute approximate surface area is 218 Å². The van der Waals surface area contributed by atoms with Crippen LogP contribution in [0, 0.1) is 18.3 Å². The number of fused-ring (bicyclic) bond motifs is 1. The Morgan fingerprint density at radius 2 is 1.95 bits per heavy atom. The van der Waals surface area contributed by atoms with Crippen molar-refractivity contribution in [3.8, 4) is 34.7 Å². The summed E-state index contributed by atoms with van der Waals surface area (Å²) in [4.78, 5) is 19.1. The summed E-state index contributed by atoms with van der Waals surface area (Å²) in [5.41, 5.74) is 5.16. The Hall–Kier alpha value is -3.70. The van der Waals surface area contributed by atoms with Gasteiger partial charge in [-0.3, -0.25) is 9.69 Å². The number of hydrogen-bond donors (Lipinski definition) is 0. The average molecular weight is 503 g/mol. The zero-order chi connectivity index (χ0) is 26.7. The monoisotopic (exact) mass is 502 g/mol. The van der Waals surface area contributed by atoms with Crippen molar-refractivity contribution >= 4 is 5.97 Å². The number of esters is 1. The van der Waals surface area contributed by atoms with E-state index in [0.717, 1.165) is 37.1 Å². The number of carbonyl (C=O) groups excluding carboxylic acids is 1. The van der Waals surface area contributed by atoms with Crippen LogP contribution < -0.4 is 4.74 Å². The van der Waals surface area contributed by atoms with Crippen LogP contribution in [0.15, 0.2) is 34.9 Å². The van der Waals surface area contributed by atoms with Crippen LogP contribution in [0.1, 0.15) is 56.9 Å². The van der Waals surface area contributed by atoms with Crippen LogP contribution in [0.2, 0.25) is 0 Å². The van der Waals surface area contributed by atoms with Crippen molar-refractivity contribution in [1.29, 1.82) is 5.26 Å². The van der Waals surface area contributed by atoms with Gasteiger partial charge in [-0.2, -0.15) is 10.2 Å². The van der Waals surface area contributed by atoms with Crippen molar-refractivity contribution in [2.75, 3.05) is 19.6 Å². The third-order valence-corrected chi connectivity index (χ3v) is 6.22. The normalized spacial score (nSPS) is 14.1. The van der Waals surface area contributed by atoms with Gasteiger partial charge >= 0.3 is 5.97 Å². The summed E-state index contributed by atoms with van der Waals surface area (Å²) in [6.07, 6.45) is 1.65. The number of benzene rings is 2. The minimum Gasteiger partial charge on any atom is -0.490 e. The van der Waals surface area contributed by atoms with Crippen LogP contribution >= 0.6 is 0 Å². The fraction of sp³-hybridized carbons (Fsp3) is 0.448. The molecule has 194 valence electrons. The maximum atomic E-state index is 12.3. The maximum Gasteiger partial charge on any atom is 0.320 e. The molecule has 0 amide bonds. The van der Waals surface area contributed by atoms with E-state index in [4.69, 9.17) is 14.0 Å². The van der Waals surface area contributed by atoms with E-state index in [1.54, 1.807) is 12.1 Å². The lowest BCUT2D eigenvalue weighted by atomic mass is 9.93. The fourth-order valence-corrected chi connectivity index (χ4v) is 4.57. The molecule has 0 radical (unpaired) electrons. The molecule has 1 aliphatic heterocycles. The lowest BCUT2D eigenvalue weighted by Crippen LogP contribution is -2.36. The molecule has 1 aliphatic rings. The van der Waals surface area contributed by atoms with Gasteiger partial charge in [-0.05, 0) is 89.3 Å². The first kappa shape index (κ1) is 26.4. The second-order valence-corrected chi connectivity index (χ2v) is 10.7. The first-order valence-electron chi connectivity index (χ1n) is 12.6. The molecular formula is C29H34N4O4. The smallest absolute Gasteiger partial charge is 0.320 e. The molecule has 0 spiro atoms. The zero-order valence-corrected chi connectivity index (χ0v) is 22.4. The molecule has 2 heterocycles. The van der Waals surface area contributed by atoms with Gasteiger partial charge in [-0.15, -0.1) is 0 Å². The number of rotatable bonds is 6. The molecule has 0 unspecified atom stereocenters. The Balaban J connectivity index is 1.53. The van der Waals surface area contributed by atoms with Crippen LogP contribution in [0.3, 0.4) is 0 Å². The van der Waals surface area contributed by atoms with Crippen LogP contribution in [0.4, 0.5) is 0 Å². The summed E-state index contributed by atoms with van der Waals surface area (Å²) in [7, 11) is 0. The largest absolute Gasteiger partial charge is 0.490 e. The van der Waals surface area contributed by atoms with E-state index in [1.807, 2.05) is 46.8 Å². The summed E-state index contributed by atoms with van der Waals surface area (Å²) >= 11 is 0. The van der Waals surface area contributed by atoms with Crippen LogP contribution in [-0.4, -0.2) is 52.3 Å². The van der Waals surface area contributed by atoms with Gasteiger partial charge < -0.3 is 14.0 Å². The van der Waals surface area contributed by atoms with Crippen molar-refractivity contribution in [2.24, 2.45) is 0 Å². The van der Waals surface area contributed by atoms with E-state index in [0.29, 0.717) is 28.6 Å². The number of ether oxygens (including phenoxy) is 2. The molecule has 4 rings (SSSR count). The van der Waals surface area contributed by atoms with Crippen LogP contribution in [0.25, 0.3) is 22.8 Å². The Morgan fingerprint density at radius 3 is 2.65 bits per heavy atom. The van der Waals surface area contributed by atoms with Crippen molar-refractivity contribution < 1.29 is 18.8 Å². The third-order valence-electron chi connectivity index (χ3n) is 6.22. The summed E-state index contributed by atoms with van der Waals surface area (Å²) in [5.74, 6) is 1.19. The molecule has 0 saturated carbocycles. The molecule has 0 fully saturated rings. The molecule has 3 aromatic rings. The first-order valence-corrected chi connectivity index (χ1v) is 12.6. The van der Waals surface area contributed by atoms with E-state index in [2.05, 4.69) is 34.1 Å². The van der Waals surface area contributed by atoms with Gasteiger partial charge in [0.1, 0.15) is 17.4 Å². The van der Waals surface area contributed by atoms with Crippen molar-refractivity contribution in [3.63, 3.8) is 0 Å². The molecule has 2 aromatic carbocycles. The lowest BCUT2D eigenvalue weighted by molar-refractivity contribution is -0.156. The van der Waals surface area contributed by atoms with Crippen LogP contribution in [-0.2, 0) is 22.4 Å². The minimum atomic E-state index is -0.485. The second kappa shape index (κ2) is 10.7. The fourth-order valence-electron chi connectivity index (χ4n) is 4.57. The topological polar surface area (TPSA) is 101 Å². The standard InChI is InChI=1S/C29H34N4O4/c1-18(2)35-25-10-8-21(15-22(25)16-30)28-31-27(32-37-28)24-9-7-20-11-13-33(14-12-23(20)19(24)3)17-26(34)36-29(4,5)6/h7-10,15,18H,11-14,17H2,1-6H3. The molecule has 1 aromatic heterocycles. The number of aromatic nitrogens is 2. The zero-order valence-electron chi connectivity index (χ0n) is 22.4. The Bertz CT molecular complexity index is 1330. The molecule has 0 saturated heterocycles. The van der Waals surface area contributed by atoms with Gasteiger partial charge in [0.25, 0.3) is 5.89 Å². The number of hydrogen-bond acceptors (Lipinski definition) is 8. The summed E-state index contributed by atoms with van der Waals surface area (Å²) in [6, 6.07) is 11.6. The number of nitriles is 1. The summed E-state index contributed by atoms with van der Waals surface area (Å²) in [5, 5.41) is 13.8. The van der Waals surface area contributed by atoms with Crippen molar-refractivity contribution in [2.45, 2.75) is 66.1 Å². The molecule has 0 aliphatic carbocycles. The molecule has 0 bridgehead atoms. The average Bonchev–Trinajstić information content (AvgIpc) is 3.21. The molecule has 0 N–H and O–H groups in total. The molecule has 8 nitrogen and oxygen atoms in total. The predicted molar refractivity (Wildman–Crippen MR) is 140 cm³/mol. The predicted octanol–water partition coefficient (Wildman–Crippen LogP) is 5.11. The number of nitrogens with zero attached hydrogens (tertiary/aromatic N) is 4. The van der Waals surface area contributed by atoms with E-state index < -0.39 is 5.60 Å². The van der Waals surface area contributed by atoms with E-state index in [1.165, 1.54) is 11.1 Å². The van der Waals surface area contributed by atoms with Gasteiger partial charge in [-0.1, -0.05) is 17.3 Å². The second-order valence-electron chi connectivity index (χ2n) is 10.7. The highest BCUT2D eigenvalue weighted by Crippen LogP contribution is 2.31. The summed E-state index contributed by atoms with van der Waals surface area (Å²) in [6.45, 7) is 13.4. The molecular weight excluding hydrogens is 468 g/mol. The SMILES string of the molecule is Cc1c(-c2noc(-c3ccc(OC(C)C)c(C#N)c3)n2)ccc2c1CCN(CC(=O)OC(C)(C)C)CC2. The maximum absolute atomic E-state index is 12.3. The number of carbonyl (C=O) groups is 1. The molecule has 0 atom stereocenters. The van der Waals surface area contributed by atoms with Gasteiger partial charge in [0.05, 0.1) is 18.2 Å². The van der Waals surface area contributed by atoms with Crippen molar-refractivity contribution in [3.05, 3.63) is 52.6 Å². The van der Waals surface area contributed by atoms with Gasteiger partial charge in [-0.25, -0.2) is 0 Å². The Morgan fingerprint density at radius 1 is 1.19 bits per heavy atom. The first-order chi connectivity index (χ1) is 17.5. The van der Waals surface area contributed by atoms with Crippen molar-refractivity contribution in [1.82, 2.24) is 15.0 Å². The van der Waals surface area contributed by atoms with E-state index in [-0.39, 0.29) is 18.6 Å². The molecule has 8 heteroatoms. The van der Waals surface area contributed by atoms with Crippen LogP contribution in [0.5, 0.6) is 5.75 Å². The van der Waals surface area contributed by atoms with Gasteiger partial charge in [0, 0.05) is 24.2 Å². The Kier molecular flexibility index (Phi) is 7.65. The van der Waals surface area contributed by atoms with Gasteiger partial charge in [0.15, 0.2) is 0 Å². The highest BCUT2D eigenvalue weighted by Gasteiger charge is 2.23. The summed E-state index contributed by atoms with van der Waals surface area (Å²) < 4.78 is 16.8. The van der Waals surface area contributed by atoms with E-state index >= 15 is 0 Å². The molecule has 37 heavy (non-hydrogen) atoms. The van der Waals surface area contributed by atoms with E-state index in [9.17, 15) is 10.1 Å².